The van der Waals surface area contributed by atoms with Crippen LogP contribution < -0.4 is 4.74 Å². The van der Waals surface area contributed by atoms with E-state index in [9.17, 15) is 0 Å². The maximum atomic E-state index is 6.78. The van der Waals surface area contributed by atoms with E-state index in [4.69, 9.17) is 21.4 Å². The quantitative estimate of drug-likeness (QED) is 0.386. The lowest BCUT2D eigenvalue weighted by Gasteiger charge is -2.51. The molecular formula is C27H25BrClN3O. The van der Waals surface area contributed by atoms with E-state index in [0.717, 1.165) is 65.4 Å². The van der Waals surface area contributed by atoms with Gasteiger partial charge in [0.25, 0.3) is 0 Å². The highest BCUT2D eigenvalue weighted by Crippen LogP contribution is 2.50. The molecule has 3 aromatic rings. The fraction of sp³-hybridized carbons (Fsp3) is 0.296. The van der Waals surface area contributed by atoms with Crippen LogP contribution in [0.4, 0.5) is 0 Å². The van der Waals surface area contributed by atoms with Crippen molar-refractivity contribution in [1.29, 1.82) is 0 Å². The number of halogens is 2. The molecule has 1 saturated heterocycles. The van der Waals surface area contributed by atoms with E-state index in [-0.39, 0.29) is 6.04 Å². The van der Waals surface area contributed by atoms with Crippen LogP contribution in [-0.2, 0) is 6.54 Å². The van der Waals surface area contributed by atoms with Gasteiger partial charge in [0.15, 0.2) is 0 Å². The van der Waals surface area contributed by atoms with Crippen LogP contribution in [0.2, 0.25) is 5.02 Å². The summed E-state index contributed by atoms with van der Waals surface area (Å²) in [6.45, 7) is 2.92. The molecule has 0 amide bonds. The van der Waals surface area contributed by atoms with Gasteiger partial charge in [-0.25, -0.2) is 5.01 Å². The summed E-state index contributed by atoms with van der Waals surface area (Å²) in [5.41, 5.74) is 4.16. The molecule has 0 N–H and O–H groups in total. The average Bonchev–Trinajstić information content (AvgIpc) is 3.29. The molecule has 4 nitrogen and oxygen atoms in total. The zero-order chi connectivity index (χ0) is 22.4. The zero-order valence-electron chi connectivity index (χ0n) is 18.3. The van der Waals surface area contributed by atoms with Crippen molar-refractivity contribution in [3.8, 4) is 5.75 Å². The standard InChI is InChI=1S/C27H25BrClN3O/c28-20-10-11-26-22(16-20)25-17-24(21-8-4-5-9-23(21)29)30-32(25)27(33-26)12-14-31(15-13-27)18-19-6-2-1-3-7-19/h1-11,16,25H,12-15,17-18H2. The molecule has 3 heterocycles. The summed E-state index contributed by atoms with van der Waals surface area (Å²) in [7, 11) is 0. The van der Waals surface area contributed by atoms with Crippen molar-refractivity contribution in [2.24, 2.45) is 5.10 Å². The normalized spacial score (nSPS) is 21.3. The zero-order valence-corrected chi connectivity index (χ0v) is 20.6. The molecule has 1 fully saturated rings. The Kier molecular flexibility index (Phi) is 5.44. The minimum absolute atomic E-state index is 0.151. The molecule has 0 radical (unpaired) electrons. The third-order valence-corrected chi connectivity index (χ3v) is 7.85. The fourth-order valence-corrected chi connectivity index (χ4v) is 5.97. The molecule has 0 saturated carbocycles. The molecular weight excluding hydrogens is 498 g/mol. The van der Waals surface area contributed by atoms with E-state index >= 15 is 0 Å². The van der Waals surface area contributed by atoms with Gasteiger partial charge in [0.05, 0.1) is 11.8 Å². The number of rotatable bonds is 3. The van der Waals surface area contributed by atoms with Crippen LogP contribution in [0, 0.1) is 0 Å². The average molecular weight is 523 g/mol. The molecule has 0 bridgehead atoms. The largest absolute Gasteiger partial charge is 0.466 e. The number of benzene rings is 3. The van der Waals surface area contributed by atoms with Gasteiger partial charge < -0.3 is 4.74 Å². The van der Waals surface area contributed by atoms with Crippen LogP contribution >= 0.6 is 27.5 Å². The fourth-order valence-electron chi connectivity index (χ4n) is 5.34. The first-order valence-electron chi connectivity index (χ1n) is 11.5. The highest BCUT2D eigenvalue weighted by atomic mass is 79.9. The smallest absolute Gasteiger partial charge is 0.200 e. The summed E-state index contributed by atoms with van der Waals surface area (Å²) >= 11 is 10.2. The highest BCUT2D eigenvalue weighted by molar-refractivity contribution is 9.10. The lowest BCUT2D eigenvalue weighted by atomic mass is 9.90. The Morgan fingerprint density at radius 3 is 2.55 bits per heavy atom. The Morgan fingerprint density at radius 1 is 1.00 bits per heavy atom. The van der Waals surface area contributed by atoms with Gasteiger partial charge in [0.2, 0.25) is 5.72 Å². The minimum Gasteiger partial charge on any atom is -0.466 e. The molecule has 3 aliphatic heterocycles. The molecule has 1 unspecified atom stereocenters. The van der Waals surface area contributed by atoms with Gasteiger partial charge in [-0.1, -0.05) is 76.1 Å². The number of likely N-dealkylation sites (tertiary alicyclic amines) is 1. The number of nitrogens with zero attached hydrogens (tertiary/aromatic N) is 3. The first kappa shape index (κ1) is 21.2. The molecule has 0 aliphatic carbocycles. The Labute approximate surface area is 207 Å². The Balaban J connectivity index is 1.32. The number of fused-ring (bicyclic) bond motifs is 4. The van der Waals surface area contributed by atoms with Crippen LogP contribution in [0.1, 0.15) is 42.0 Å². The topological polar surface area (TPSA) is 28.1 Å². The summed E-state index contributed by atoms with van der Waals surface area (Å²) in [6.07, 6.45) is 2.64. The molecule has 0 aromatic heterocycles. The third kappa shape index (κ3) is 3.86. The summed E-state index contributed by atoms with van der Waals surface area (Å²) in [6, 6.07) is 25.2. The van der Waals surface area contributed by atoms with Gasteiger partial charge in [0.1, 0.15) is 5.75 Å². The van der Waals surface area contributed by atoms with Crippen molar-refractivity contribution >= 4 is 33.2 Å². The lowest BCUT2D eigenvalue weighted by molar-refractivity contribution is -0.150. The second-order valence-corrected chi connectivity index (χ2v) is 10.4. The predicted octanol–water partition coefficient (Wildman–Crippen LogP) is 6.64. The Hall–Kier alpha value is -2.34. The molecule has 168 valence electrons. The van der Waals surface area contributed by atoms with E-state index in [1.807, 2.05) is 18.2 Å². The van der Waals surface area contributed by atoms with Crippen molar-refractivity contribution in [2.45, 2.75) is 37.6 Å². The minimum atomic E-state index is -0.429. The number of hydrazone groups is 1. The maximum Gasteiger partial charge on any atom is 0.200 e. The summed E-state index contributed by atoms with van der Waals surface area (Å²) in [5, 5.41) is 8.16. The van der Waals surface area contributed by atoms with Gasteiger partial charge in [-0.15, -0.1) is 0 Å². The predicted molar refractivity (Wildman–Crippen MR) is 136 cm³/mol. The SMILES string of the molecule is Clc1ccccc1C1=NN2C(C1)c1cc(Br)ccc1OC21CCN(Cc2ccccc2)CC1. The lowest BCUT2D eigenvalue weighted by Crippen LogP contribution is -2.59. The first-order valence-corrected chi connectivity index (χ1v) is 12.6. The van der Waals surface area contributed by atoms with Crippen LogP contribution in [-0.4, -0.2) is 34.4 Å². The van der Waals surface area contributed by atoms with E-state index in [1.165, 1.54) is 11.1 Å². The van der Waals surface area contributed by atoms with Crippen molar-refractivity contribution in [3.05, 3.63) is 99.0 Å². The van der Waals surface area contributed by atoms with E-state index in [0.29, 0.717) is 0 Å². The molecule has 1 spiro atoms. The van der Waals surface area contributed by atoms with E-state index in [1.54, 1.807) is 0 Å². The van der Waals surface area contributed by atoms with Crippen LogP contribution in [0.3, 0.4) is 0 Å². The van der Waals surface area contributed by atoms with Crippen molar-refractivity contribution in [2.75, 3.05) is 13.1 Å². The highest BCUT2D eigenvalue weighted by Gasteiger charge is 2.51. The van der Waals surface area contributed by atoms with Crippen LogP contribution in [0.15, 0.2) is 82.4 Å². The molecule has 33 heavy (non-hydrogen) atoms. The van der Waals surface area contributed by atoms with Crippen molar-refractivity contribution in [3.63, 3.8) is 0 Å². The summed E-state index contributed by atoms with van der Waals surface area (Å²) in [4.78, 5) is 2.52. The van der Waals surface area contributed by atoms with Gasteiger partial charge in [-0.2, -0.15) is 5.10 Å². The monoisotopic (exact) mass is 521 g/mol. The van der Waals surface area contributed by atoms with Gasteiger partial charge in [-0.3, -0.25) is 4.90 Å². The molecule has 6 rings (SSSR count). The maximum absolute atomic E-state index is 6.78. The Bertz CT molecular complexity index is 1210. The summed E-state index contributed by atoms with van der Waals surface area (Å²) < 4.78 is 7.84. The van der Waals surface area contributed by atoms with E-state index < -0.39 is 5.72 Å². The molecule has 1 atom stereocenters. The Morgan fingerprint density at radius 2 is 1.76 bits per heavy atom. The third-order valence-electron chi connectivity index (χ3n) is 7.03. The number of piperidine rings is 1. The van der Waals surface area contributed by atoms with Gasteiger partial charge in [0, 0.05) is 59.5 Å². The second-order valence-electron chi connectivity index (χ2n) is 9.08. The number of hydrogen-bond acceptors (Lipinski definition) is 4. The van der Waals surface area contributed by atoms with Gasteiger partial charge in [-0.05, 0) is 29.8 Å². The summed E-state index contributed by atoms with van der Waals surface area (Å²) in [5.74, 6) is 0.978. The van der Waals surface area contributed by atoms with Crippen LogP contribution in [0.5, 0.6) is 5.75 Å². The number of ether oxygens (including phenoxy) is 1. The van der Waals surface area contributed by atoms with Crippen molar-refractivity contribution in [1.82, 2.24) is 9.91 Å². The van der Waals surface area contributed by atoms with Crippen LogP contribution in [0.25, 0.3) is 0 Å². The first-order chi connectivity index (χ1) is 16.1. The molecule has 3 aromatic carbocycles. The second kappa shape index (κ2) is 8.46. The molecule has 3 aliphatic rings. The number of hydrogen-bond donors (Lipinski definition) is 0. The molecule has 6 heteroatoms. The van der Waals surface area contributed by atoms with E-state index in [2.05, 4.69) is 80.4 Å². The van der Waals surface area contributed by atoms with Crippen molar-refractivity contribution < 1.29 is 4.74 Å². The van der Waals surface area contributed by atoms with Gasteiger partial charge >= 0.3 is 0 Å².